The van der Waals surface area contributed by atoms with Gasteiger partial charge in [-0.3, -0.25) is 0 Å². The largest absolute Gasteiger partial charge is 0.477 e. The highest BCUT2D eigenvalue weighted by molar-refractivity contribution is 5.75. The Labute approximate surface area is 47.9 Å². The molecule has 1 unspecified atom stereocenters. The van der Waals surface area contributed by atoms with Gasteiger partial charge in [-0.1, -0.05) is 0 Å². The van der Waals surface area contributed by atoms with Gasteiger partial charge in [-0.25, -0.2) is 9.18 Å². The smallest absolute Gasteiger partial charge is 0.375 e. The second-order valence-corrected chi connectivity index (χ2v) is 1.24. The molecule has 6 heteroatoms. The zero-order valence-corrected chi connectivity index (χ0v) is 4.10. The van der Waals surface area contributed by atoms with E-state index < -0.39 is 18.5 Å². The summed E-state index contributed by atoms with van der Waals surface area (Å²) in [7, 11) is 0. The monoisotopic (exact) mass is 144 g/mol. The number of alkyl halides is 2. The minimum absolute atomic E-state index is 2.06. The lowest BCUT2D eigenvalue weighted by molar-refractivity contribution is -0.291. The Kier molecular flexibility index (Phi) is 2.44. The van der Waals surface area contributed by atoms with Gasteiger partial charge in [0.2, 0.25) is 0 Å². The molecule has 0 aliphatic rings. The average Bonchev–Trinajstić information content (AvgIpc) is 1.86. The van der Waals surface area contributed by atoms with Gasteiger partial charge in [0.05, 0.1) is 0 Å². The van der Waals surface area contributed by atoms with Crippen molar-refractivity contribution >= 4 is 5.97 Å². The highest BCUT2D eigenvalue weighted by Gasteiger charge is 2.42. The third-order valence-electron chi connectivity index (χ3n) is 0.614. The van der Waals surface area contributed by atoms with Crippen LogP contribution in [0.2, 0.25) is 0 Å². The molecular formula is C3H3F3O3. The molecule has 0 rings (SSSR count). The second kappa shape index (κ2) is 2.67. The first-order chi connectivity index (χ1) is 4.06. The van der Waals surface area contributed by atoms with E-state index in [0.29, 0.717) is 0 Å². The van der Waals surface area contributed by atoms with E-state index in [4.69, 9.17) is 5.11 Å². The molecule has 54 valence electrons. The summed E-state index contributed by atoms with van der Waals surface area (Å²) in [6.45, 7) is -2.06. The van der Waals surface area contributed by atoms with Crippen LogP contribution in [0.1, 0.15) is 0 Å². The summed E-state index contributed by atoms with van der Waals surface area (Å²) in [6.07, 6.45) is 0. The van der Waals surface area contributed by atoms with Gasteiger partial charge in [-0.05, 0) is 4.53 Å². The molecule has 1 N–H and O–H groups in total. The summed E-state index contributed by atoms with van der Waals surface area (Å²) < 4.78 is 33.8. The van der Waals surface area contributed by atoms with Crippen LogP contribution in [0.15, 0.2) is 0 Å². The van der Waals surface area contributed by atoms with Crippen LogP contribution in [0, 0.1) is 0 Å². The lowest BCUT2D eigenvalue weighted by atomic mass is 10.4. The van der Waals surface area contributed by atoms with Crippen LogP contribution < -0.4 is 0 Å². The third kappa shape index (κ3) is 1.56. The number of aliphatic carboxylic acids is 1. The average molecular weight is 144 g/mol. The molecule has 0 aromatic heterocycles. The molecule has 0 aliphatic carbocycles. The Morgan fingerprint density at radius 1 is 1.78 bits per heavy atom. The minimum atomic E-state index is -3.83. The van der Waals surface area contributed by atoms with Crippen LogP contribution in [-0.2, 0) is 9.74 Å². The number of halogens is 3. The summed E-state index contributed by atoms with van der Waals surface area (Å²) in [5.74, 6) is -6.16. The third-order valence-corrected chi connectivity index (χ3v) is 0.614. The van der Waals surface area contributed by atoms with Gasteiger partial charge in [0, 0.05) is 0 Å². The Balaban J connectivity index is 4.09. The van der Waals surface area contributed by atoms with Gasteiger partial charge in [0.25, 0.3) is 0 Å². The van der Waals surface area contributed by atoms with Crippen molar-refractivity contribution < 1.29 is 28.1 Å². The first-order valence-corrected chi connectivity index (χ1v) is 1.85. The van der Waals surface area contributed by atoms with Crippen LogP contribution >= 0.6 is 0 Å². The summed E-state index contributed by atoms with van der Waals surface area (Å²) in [5, 5.41) is 7.65. The van der Waals surface area contributed by atoms with Gasteiger partial charge in [0.15, 0.2) is 6.67 Å². The highest BCUT2D eigenvalue weighted by atomic mass is 19.3. The fourth-order valence-electron chi connectivity index (χ4n) is 0.111. The SMILES string of the molecule is O=C(O)C(F)(CF)OF. The standard InChI is InChI=1S/C3H3F3O3/c4-1-3(5,9-6)2(7)8/h1H2,(H,7,8). The number of rotatable bonds is 3. The fraction of sp³-hybridized carbons (Fsp3) is 0.667. The predicted molar refractivity (Wildman–Crippen MR) is 19.6 cm³/mol. The van der Waals surface area contributed by atoms with Gasteiger partial charge >= 0.3 is 11.8 Å². The van der Waals surface area contributed by atoms with E-state index in [1.165, 1.54) is 0 Å². The van der Waals surface area contributed by atoms with Crippen molar-refractivity contribution in [1.29, 1.82) is 0 Å². The number of carboxylic acids is 1. The molecule has 0 aromatic rings. The Bertz CT molecular complexity index is 111. The molecule has 0 aromatic carbocycles. The van der Waals surface area contributed by atoms with E-state index in [2.05, 4.69) is 4.94 Å². The molecule has 9 heavy (non-hydrogen) atoms. The van der Waals surface area contributed by atoms with E-state index in [1.54, 1.807) is 0 Å². The van der Waals surface area contributed by atoms with Crippen molar-refractivity contribution in [2.45, 2.75) is 5.85 Å². The Morgan fingerprint density at radius 2 is 2.22 bits per heavy atom. The van der Waals surface area contributed by atoms with Crippen LogP contribution in [0.4, 0.5) is 13.3 Å². The number of hydrogen-bond donors (Lipinski definition) is 1. The lowest BCUT2D eigenvalue weighted by Crippen LogP contribution is -2.36. The van der Waals surface area contributed by atoms with Crippen molar-refractivity contribution in [1.82, 2.24) is 0 Å². The molecule has 0 heterocycles. The maximum Gasteiger partial charge on any atom is 0.375 e. The first-order valence-electron chi connectivity index (χ1n) is 1.85. The van der Waals surface area contributed by atoms with Gasteiger partial charge in [-0.15, -0.1) is 4.94 Å². The maximum absolute atomic E-state index is 11.8. The molecule has 0 radical (unpaired) electrons. The summed E-state index contributed by atoms with van der Waals surface area (Å²) in [4.78, 5) is 11.7. The molecule has 1 atom stereocenters. The predicted octanol–water partition coefficient (Wildman–Crippen LogP) is 0.607. The van der Waals surface area contributed by atoms with Gasteiger partial charge in [0.1, 0.15) is 0 Å². The van der Waals surface area contributed by atoms with Gasteiger partial charge in [-0.2, -0.15) is 4.39 Å². The lowest BCUT2D eigenvalue weighted by Gasteiger charge is -2.08. The molecule has 0 saturated carbocycles. The van der Waals surface area contributed by atoms with E-state index in [1.807, 2.05) is 0 Å². The molecule has 0 spiro atoms. The number of carbonyl (C=O) groups is 1. The molecule has 3 nitrogen and oxygen atoms in total. The molecule has 0 amide bonds. The van der Waals surface area contributed by atoms with Gasteiger partial charge < -0.3 is 5.11 Å². The second-order valence-electron chi connectivity index (χ2n) is 1.24. The van der Waals surface area contributed by atoms with Crippen LogP contribution in [-0.4, -0.2) is 23.6 Å². The molecule has 0 aliphatic heterocycles. The van der Waals surface area contributed by atoms with E-state index in [9.17, 15) is 18.1 Å². The van der Waals surface area contributed by atoms with Crippen LogP contribution in [0.5, 0.6) is 0 Å². The summed E-state index contributed by atoms with van der Waals surface area (Å²) in [5.41, 5.74) is 0. The number of hydrogen-bond acceptors (Lipinski definition) is 2. The minimum Gasteiger partial charge on any atom is -0.477 e. The fourth-order valence-corrected chi connectivity index (χ4v) is 0.111. The molecular weight excluding hydrogens is 141 g/mol. The Morgan fingerprint density at radius 3 is 2.22 bits per heavy atom. The topological polar surface area (TPSA) is 46.5 Å². The maximum atomic E-state index is 11.8. The summed E-state index contributed by atoms with van der Waals surface area (Å²) in [6, 6.07) is 0. The van der Waals surface area contributed by atoms with Crippen molar-refractivity contribution in [2.75, 3.05) is 6.67 Å². The summed E-state index contributed by atoms with van der Waals surface area (Å²) >= 11 is 0. The number of carboxylic acid groups (broad SMARTS) is 1. The highest BCUT2D eigenvalue weighted by Crippen LogP contribution is 2.14. The zero-order chi connectivity index (χ0) is 7.49. The normalized spacial score (nSPS) is 16.8. The van der Waals surface area contributed by atoms with Crippen molar-refractivity contribution in [2.24, 2.45) is 0 Å². The zero-order valence-electron chi connectivity index (χ0n) is 4.10. The molecule has 0 saturated heterocycles. The van der Waals surface area contributed by atoms with Crippen molar-refractivity contribution in [3.8, 4) is 0 Å². The molecule has 0 fully saturated rings. The molecule has 0 bridgehead atoms. The van der Waals surface area contributed by atoms with E-state index in [-0.39, 0.29) is 0 Å². The Hall–Kier alpha value is -0.780. The van der Waals surface area contributed by atoms with E-state index in [0.717, 1.165) is 0 Å². The van der Waals surface area contributed by atoms with Crippen LogP contribution in [0.3, 0.4) is 0 Å². The van der Waals surface area contributed by atoms with E-state index >= 15 is 0 Å². The quantitative estimate of drug-likeness (QED) is 0.631. The van der Waals surface area contributed by atoms with Crippen molar-refractivity contribution in [3.05, 3.63) is 0 Å². The first kappa shape index (κ1) is 8.22. The van der Waals surface area contributed by atoms with Crippen molar-refractivity contribution in [3.63, 3.8) is 0 Å². The van der Waals surface area contributed by atoms with Crippen LogP contribution in [0.25, 0.3) is 0 Å².